The average Bonchev–Trinajstić information content (AvgIpc) is 2.61. The molecule has 200 valence electrons. The lowest BCUT2D eigenvalue weighted by atomic mass is 10.1. The molecule has 33 heavy (non-hydrogen) atoms. The Bertz CT molecular complexity index is 731. The van der Waals surface area contributed by atoms with Crippen LogP contribution in [0.1, 0.15) is 78.1 Å². The van der Waals surface area contributed by atoms with Gasteiger partial charge in [0.05, 0.1) is 0 Å². The van der Waals surface area contributed by atoms with Crippen molar-refractivity contribution in [1.29, 1.82) is 0 Å². The van der Waals surface area contributed by atoms with Crippen molar-refractivity contribution in [3.05, 3.63) is 0 Å². The summed E-state index contributed by atoms with van der Waals surface area (Å²) in [5, 5.41) is 0. The van der Waals surface area contributed by atoms with Crippen molar-refractivity contribution in [2.45, 2.75) is 89.1 Å². The quantitative estimate of drug-likeness (QED) is 0.0846. The molecule has 0 amide bonds. The summed E-state index contributed by atoms with van der Waals surface area (Å²) in [5.74, 6) is 0.0504. The summed E-state index contributed by atoms with van der Waals surface area (Å²) >= 11 is 0.345. The van der Waals surface area contributed by atoms with Crippen LogP contribution in [-0.4, -0.2) is 62.5 Å². The largest absolute Gasteiger partial charge is 0.355 e. The van der Waals surface area contributed by atoms with E-state index in [1.807, 2.05) is 0 Å². The molecule has 0 aliphatic carbocycles. The van der Waals surface area contributed by atoms with Gasteiger partial charge in [-0.3, -0.25) is 23.2 Å². The van der Waals surface area contributed by atoms with Crippen LogP contribution >= 0.6 is 40.7 Å². The van der Waals surface area contributed by atoms with Crippen LogP contribution in [0.2, 0.25) is 0 Å². The van der Waals surface area contributed by atoms with Crippen molar-refractivity contribution in [3.63, 3.8) is 0 Å². The van der Waals surface area contributed by atoms with E-state index in [9.17, 15) is 52.5 Å². The Morgan fingerprint density at radius 1 is 0.606 bits per heavy atom. The SMILES string of the molecule is CCCCCCCCCCCCSP(=O)(O)C(N(CC)C(P(=O)(O)O)P(=O)(O)O)P(=O)(O)O. The highest BCUT2D eigenvalue weighted by molar-refractivity contribution is 8.57. The van der Waals surface area contributed by atoms with Gasteiger partial charge in [-0.2, -0.15) is 0 Å². The van der Waals surface area contributed by atoms with Gasteiger partial charge in [-0.25, -0.2) is 0 Å². The van der Waals surface area contributed by atoms with Crippen LogP contribution in [0.25, 0.3) is 0 Å². The third-order valence-electron chi connectivity index (χ3n) is 4.93. The first-order valence-electron chi connectivity index (χ1n) is 10.9. The molecule has 0 fully saturated rings. The molecule has 0 spiro atoms. The Balaban J connectivity index is 5.09. The van der Waals surface area contributed by atoms with E-state index < -0.39 is 47.0 Å². The predicted molar refractivity (Wildman–Crippen MR) is 130 cm³/mol. The van der Waals surface area contributed by atoms with Crippen molar-refractivity contribution in [2.75, 3.05) is 12.3 Å². The molecular weight excluding hydrogens is 538 g/mol. The highest BCUT2D eigenvalue weighted by Gasteiger charge is 2.58. The molecule has 0 saturated heterocycles. The monoisotopic (exact) mass is 577 g/mol. The second-order valence-corrected chi connectivity index (χ2v) is 18.3. The minimum Gasteiger partial charge on any atom is -0.335 e. The maximum Gasteiger partial charge on any atom is 0.355 e. The van der Waals surface area contributed by atoms with Gasteiger partial charge in [-0.1, -0.05) is 83.0 Å². The molecule has 0 bridgehead atoms. The van der Waals surface area contributed by atoms with Crippen LogP contribution in [-0.2, 0) is 18.3 Å². The topological polar surface area (TPSA) is 213 Å². The summed E-state index contributed by atoms with van der Waals surface area (Å²) in [5.41, 5.74) is -5.63. The van der Waals surface area contributed by atoms with E-state index in [-0.39, 0.29) is 10.7 Å². The Morgan fingerprint density at radius 3 is 1.30 bits per heavy atom. The molecule has 0 heterocycles. The van der Waals surface area contributed by atoms with Crippen LogP contribution in [0.15, 0.2) is 0 Å². The number of hydrogen-bond donors (Lipinski definition) is 7. The summed E-state index contributed by atoms with van der Waals surface area (Å²) in [6.45, 7) is -2.30. The molecule has 2 unspecified atom stereocenters. The predicted octanol–water partition coefficient (Wildman–Crippen LogP) is 4.25. The first kappa shape index (κ1) is 34.0. The fourth-order valence-corrected chi connectivity index (χ4v) is 14.0. The number of nitrogens with zero attached hydrogens (tertiary/aromatic N) is 1. The fraction of sp³-hybridized carbons (Fsp3) is 1.00. The number of rotatable bonds is 19. The van der Waals surface area contributed by atoms with E-state index in [1.165, 1.54) is 25.7 Å². The summed E-state index contributed by atoms with van der Waals surface area (Å²) in [6.07, 6.45) is 10.2. The molecule has 12 nitrogen and oxygen atoms in total. The Kier molecular flexibility index (Phi) is 15.7. The zero-order valence-corrected chi connectivity index (χ0v) is 23.4. The summed E-state index contributed by atoms with van der Waals surface area (Å²) in [7, 11) is -16.8. The summed E-state index contributed by atoms with van der Waals surface area (Å²) in [4.78, 5) is 67.5. The van der Waals surface area contributed by atoms with Gasteiger partial charge >= 0.3 is 22.8 Å². The van der Waals surface area contributed by atoms with Gasteiger partial charge in [-0.15, -0.1) is 0 Å². The van der Waals surface area contributed by atoms with Crippen molar-refractivity contribution in [2.24, 2.45) is 0 Å². The minimum absolute atomic E-state index is 0.0504. The van der Waals surface area contributed by atoms with Gasteiger partial charge in [0.1, 0.15) is 0 Å². The number of hydrogen-bond acceptors (Lipinski definition) is 6. The standard InChI is InChI=1S/C16H39NO11P4S/c1-3-5-6-7-8-9-10-11-12-13-14-33-32(27,28)16(31(24,25)26)17(4-2)15(29(18,19)20)30(21,22)23/h15-16H,3-14H2,1-2H3,(H,27,28)(H2,18,19,20)(H2,21,22,23)(H2,24,25,26). The highest BCUT2D eigenvalue weighted by Crippen LogP contribution is 2.73. The highest BCUT2D eigenvalue weighted by atomic mass is 32.7. The molecule has 0 aromatic carbocycles. The average molecular weight is 577 g/mol. The molecule has 0 radical (unpaired) electrons. The van der Waals surface area contributed by atoms with Gasteiger partial charge < -0.3 is 34.3 Å². The zero-order chi connectivity index (χ0) is 25.9. The second kappa shape index (κ2) is 15.3. The van der Waals surface area contributed by atoms with Crippen LogP contribution in [0.3, 0.4) is 0 Å². The fourth-order valence-electron chi connectivity index (χ4n) is 3.45. The smallest absolute Gasteiger partial charge is 0.335 e. The van der Waals surface area contributed by atoms with E-state index in [1.54, 1.807) is 0 Å². The first-order chi connectivity index (χ1) is 15.0. The molecule has 7 N–H and O–H groups in total. The van der Waals surface area contributed by atoms with Crippen molar-refractivity contribution in [3.8, 4) is 0 Å². The second-order valence-electron chi connectivity index (χ2n) is 7.87. The summed E-state index contributed by atoms with van der Waals surface area (Å²) in [6, 6.07) is 0. The van der Waals surface area contributed by atoms with E-state index in [4.69, 9.17) is 0 Å². The Labute approximate surface area is 199 Å². The molecule has 0 aliphatic rings. The maximum absolute atomic E-state index is 12.9. The molecule has 0 aromatic rings. The van der Waals surface area contributed by atoms with Gasteiger partial charge in [0.25, 0.3) is 6.57 Å². The molecule has 2 atom stereocenters. The lowest BCUT2D eigenvalue weighted by molar-refractivity contribution is 0.220. The van der Waals surface area contributed by atoms with Crippen LogP contribution in [0, 0.1) is 0 Å². The molecular formula is C16H39NO11P4S. The zero-order valence-electron chi connectivity index (χ0n) is 19.0. The third-order valence-corrected chi connectivity index (χ3v) is 15.7. The Hall–Kier alpha value is 0.950. The molecule has 0 saturated carbocycles. The van der Waals surface area contributed by atoms with Crippen LogP contribution < -0.4 is 0 Å². The normalized spacial score (nSPS) is 16.3. The number of unbranched alkanes of at least 4 members (excludes halogenated alkanes) is 9. The molecule has 0 aliphatic heterocycles. The van der Waals surface area contributed by atoms with E-state index in [0.29, 0.717) is 17.8 Å². The van der Waals surface area contributed by atoms with Gasteiger partial charge in [-0.05, 0) is 13.0 Å². The van der Waals surface area contributed by atoms with Crippen molar-refractivity contribution in [1.82, 2.24) is 4.90 Å². The minimum atomic E-state index is -5.64. The van der Waals surface area contributed by atoms with Crippen LogP contribution in [0.5, 0.6) is 0 Å². The van der Waals surface area contributed by atoms with Crippen LogP contribution in [0.4, 0.5) is 0 Å². The molecule has 17 heteroatoms. The van der Waals surface area contributed by atoms with E-state index >= 15 is 0 Å². The third kappa shape index (κ3) is 13.2. The lowest BCUT2D eigenvalue weighted by Gasteiger charge is -2.38. The first-order valence-corrected chi connectivity index (χ1v) is 19.2. The van der Waals surface area contributed by atoms with Crippen molar-refractivity contribution >= 4 is 40.7 Å². The van der Waals surface area contributed by atoms with E-state index in [2.05, 4.69) is 6.92 Å². The molecule has 0 rings (SSSR count). The maximum atomic E-state index is 12.9. The Morgan fingerprint density at radius 2 is 0.970 bits per heavy atom. The summed E-state index contributed by atoms with van der Waals surface area (Å²) < 4.78 is 48.3. The van der Waals surface area contributed by atoms with Gasteiger partial charge in [0, 0.05) is 5.75 Å². The lowest BCUT2D eigenvalue weighted by Crippen LogP contribution is -2.42. The van der Waals surface area contributed by atoms with Crippen molar-refractivity contribution < 1.29 is 52.5 Å². The van der Waals surface area contributed by atoms with Gasteiger partial charge in [0.2, 0.25) is 11.0 Å². The van der Waals surface area contributed by atoms with E-state index in [0.717, 1.165) is 39.0 Å². The molecule has 0 aromatic heterocycles. The van der Waals surface area contributed by atoms with Gasteiger partial charge in [0.15, 0.2) is 0 Å².